The van der Waals surface area contributed by atoms with E-state index in [-0.39, 0.29) is 11.6 Å². The number of para-hydroxylation sites is 1. The van der Waals surface area contributed by atoms with Crippen molar-refractivity contribution < 1.29 is 28.3 Å². The maximum absolute atomic E-state index is 12.4. The molecule has 2 heterocycles. The van der Waals surface area contributed by atoms with E-state index in [4.69, 9.17) is 23.5 Å². The lowest BCUT2D eigenvalue weighted by atomic mass is 10.1. The number of carbonyl (C=O) groups is 1. The highest BCUT2D eigenvalue weighted by atomic mass is 16.6. The molecule has 1 aromatic heterocycles. The average molecular weight is 434 g/mol. The zero-order chi connectivity index (χ0) is 22.7. The van der Waals surface area contributed by atoms with Crippen LogP contribution in [0.3, 0.4) is 0 Å². The van der Waals surface area contributed by atoms with E-state index in [0.29, 0.717) is 40.7 Å². The number of cyclic esters (lactones) is 1. The van der Waals surface area contributed by atoms with Gasteiger partial charge in [-0.2, -0.15) is 0 Å². The topological polar surface area (TPSA) is 92.4 Å². The van der Waals surface area contributed by atoms with Crippen LogP contribution in [0.1, 0.15) is 28.1 Å². The van der Waals surface area contributed by atoms with Crippen LogP contribution in [0.5, 0.6) is 17.2 Å². The van der Waals surface area contributed by atoms with Crippen LogP contribution in [0.15, 0.2) is 57.7 Å². The van der Waals surface area contributed by atoms with E-state index in [9.17, 15) is 4.79 Å². The van der Waals surface area contributed by atoms with E-state index < -0.39 is 5.97 Å². The van der Waals surface area contributed by atoms with Gasteiger partial charge < -0.3 is 23.5 Å². The molecular weight excluding hydrogens is 412 g/mol. The second-order valence-corrected chi connectivity index (χ2v) is 7.04. The van der Waals surface area contributed by atoms with Crippen molar-refractivity contribution in [3.8, 4) is 17.2 Å². The van der Waals surface area contributed by atoms with Gasteiger partial charge in [0.05, 0.1) is 31.0 Å². The second kappa shape index (κ2) is 8.97. The molecule has 0 fully saturated rings. The normalized spacial score (nSPS) is 14.3. The van der Waals surface area contributed by atoms with Crippen LogP contribution < -0.4 is 14.2 Å². The summed E-state index contributed by atoms with van der Waals surface area (Å²) in [7, 11) is 3.10. The molecule has 0 unspecified atom stereocenters. The first-order chi connectivity index (χ1) is 15.5. The molecule has 8 heteroatoms. The lowest BCUT2D eigenvalue weighted by Crippen LogP contribution is -2.06. The van der Waals surface area contributed by atoms with E-state index in [2.05, 4.69) is 10.1 Å². The minimum atomic E-state index is -0.538. The third-order valence-electron chi connectivity index (χ3n) is 5.00. The standard InChI is InChI=1S/C24H22N2O6/c1-14-18(15(2)32-26-14)13-30-21-10-9-16(12-22(21)29-4)11-19-24(27)31-23(25-19)17-7-5-6-8-20(17)28-3/h5-12H,13H2,1-4H3. The molecule has 0 amide bonds. The lowest BCUT2D eigenvalue weighted by molar-refractivity contribution is -0.129. The smallest absolute Gasteiger partial charge is 0.363 e. The highest BCUT2D eigenvalue weighted by Crippen LogP contribution is 2.31. The number of aryl methyl sites for hydroxylation is 2. The Morgan fingerprint density at radius 1 is 1.00 bits per heavy atom. The first kappa shape index (κ1) is 21.2. The fourth-order valence-electron chi connectivity index (χ4n) is 3.25. The van der Waals surface area contributed by atoms with E-state index >= 15 is 0 Å². The molecule has 0 bridgehead atoms. The third-order valence-corrected chi connectivity index (χ3v) is 5.00. The molecule has 0 radical (unpaired) electrons. The largest absolute Gasteiger partial charge is 0.496 e. The van der Waals surface area contributed by atoms with Gasteiger partial charge in [-0.25, -0.2) is 9.79 Å². The zero-order valence-electron chi connectivity index (χ0n) is 18.2. The number of hydrogen-bond donors (Lipinski definition) is 0. The third kappa shape index (κ3) is 4.20. The van der Waals surface area contributed by atoms with Gasteiger partial charge in [-0.05, 0) is 49.8 Å². The predicted molar refractivity (Wildman–Crippen MR) is 117 cm³/mol. The molecule has 1 aliphatic rings. The number of carbonyl (C=O) groups excluding carboxylic acids is 1. The Bertz CT molecular complexity index is 1210. The summed E-state index contributed by atoms with van der Waals surface area (Å²) in [6.45, 7) is 4.00. The van der Waals surface area contributed by atoms with Gasteiger partial charge in [-0.1, -0.05) is 23.4 Å². The molecule has 0 spiro atoms. The number of nitrogens with zero attached hydrogens (tertiary/aromatic N) is 2. The quantitative estimate of drug-likeness (QED) is 0.406. The summed E-state index contributed by atoms with van der Waals surface area (Å²) < 4.78 is 27.2. The van der Waals surface area contributed by atoms with Crippen molar-refractivity contribution in [3.63, 3.8) is 0 Å². The summed E-state index contributed by atoms with van der Waals surface area (Å²) >= 11 is 0. The van der Waals surface area contributed by atoms with Crippen molar-refractivity contribution in [2.75, 3.05) is 14.2 Å². The van der Waals surface area contributed by atoms with Crippen molar-refractivity contribution in [1.82, 2.24) is 5.16 Å². The van der Waals surface area contributed by atoms with Gasteiger partial charge in [0.15, 0.2) is 17.2 Å². The molecular formula is C24H22N2O6. The molecule has 0 saturated heterocycles. The maximum atomic E-state index is 12.4. The molecule has 0 saturated carbocycles. The van der Waals surface area contributed by atoms with E-state index in [1.165, 1.54) is 0 Å². The monoisotopic (exact) mass is 434 g/mol. The van der Waals surface area contributed by atoms with Crippen LogP contribution in [0.2, 0.25) is 0 Å². The van der Waals surface area contributed by atoms with E-state index in [1.807, 2.05) is 32.0 Å². The number of rotatable bonds is 7. The van der Waals surface area contributed by atoms with Gasteiger partial charge in [-0.15, -0.1) is 0 Å². The van der Waals surface area contributed by atoms with Gasteiger partial charge in [0.1, 0.15) is 18.1 Å². The molecule has 164 valence electrons. The maximum Gasteiger partial charge on any atom is 0.363 e. The molecule has 8 nitrogen and oxygen atoms in total. The lowest BCUT2D eigenvalue weighted by Gasteiger charge is -2.11. The van der Waals surface area contributed by atoms with Crippen molar-refractivity contribution in [2.24, 2.45) is 4.99 Å². The van der Waals surface area contributed by atoms with Crippen molar-refractivity contribution in [2.45, 2.75) is 20.5 Å². The average Bonchev–Trinajstić information content (AvgIpc) is 3.33. The first-order valence-electron chi connectivity index (χ1n) is 9.88. The minimum Gasteiger partial charge on any atom is -0.496 e. The number of esters is 1. The number of methoxy groups -OCH3 is 2. The van der Waals surface area contributed by atoms with Gasteiger partial charge >= 0.3 is 5.97 Å². The van der Waals surface area contributed by atoms with Gasteiger partial charge in [0.25, 0.3) is 0 Å². The zero-order valence-corrected chi connectivity index (χ0v) is 18.2. The van der Waals surface area contributed by atoms with E-state index in [1.54, 1.807) is 44.6 Å². The molecule has 0 N–H and O–H groups in total. The van der Waals surface area contributed by atoms with Crippen molar-refractivity contribution >= 4 is 17.9 Å². The molecule has 1 aliphatic heterocycles. The molecule has 2 aromatic carbocycles. The van der Waals surface area contributed by atoms with Crippen LogP contribution in [0, 0.1) is 13.8 Å². The van der Waals surface area contributed by atoms with E-state index in [0.717, 1.165) is 11.3 Å². The van der Waals surface area contributed by atoms with Crippen LogP contribution in [0.25, 0.3) is 6.08 Å². The Kier molecular flexibility index (Phi) is 5.93. The van der Waals surface area contributed by atoms with Crippen molar-refractivity contribution in [1.29, 1.82) is 0 Å². The Balaban J connectivity index is 1.57. The summed E-state index contributed by atoms with van der Waals surface area (Å²) in [6.07, 6.45) is 1.63. The van der Waals surface area contributed by atoms with Gasteiger partial charge in [0.2, 0.25) is 5.90 Å². The summed E-state index contributed by atoms with van der Waals surface area (Å²) in [6, 6.07) is 12.6. The highest BCUT2D eigenvalue weighted by Gasteiger charge is 2.26. The Morgan fingerprint density at radius 3 is 2.50 bits per heavy atom. The summed E-state index contributed by atoms with van der Waals surface area (Å²) in [5.74, 6) is 2.02. The Hall–Kier alpha value is -4.07. The number of aliphatic imine (C=N–C) groups is 1. The predicted octanol–water partition coefficient (Wildman–Crippen LogP) is 4.23. The number of aromatic nitrogens is 1. The van der Waals surface area contributed by atoms with Gasteiger partial charge in [-0.3, -0.25) is 0 Å². The Labute approximate surface area is 185 Å². The van der Waals surface area contributed by atoms with Gasteiger partial charge in [0, 0.05) is 0 Å². The molecule has 3 aromatic rings. The van der Waals surface area contributed by atoms with Crippen LogP contribution in [-0.4, -0.2) is 31.2 Å². The number of ether oxygens (including phenoxy) is 4. The molecule has 0 atom stereocenters. The summed E-state index contributed by atoms with van der Waals surface area (Å²) in [4.78, 5) is 16.7. The van der Waals surface area contributed by atoms with Crippen LogP contribution in [0.4, 0.5) is 0 Å². The fourth-order valence-corrected chi connectivity index (χ4v) is 3.25. The first-order valence-corrected chi connectivity index (χ1v) is 9.88. The fraction of sp³-hybridized carbons (Fsp3) is 0.208. The second-order valence-electron chi connectivity index (χ2n) is 7.04. The summed E-state index contributed by atoms with van der Waals surface area (Å²) in [5, 5.41) is 3.93. The van der Waals surface area contributed by atoms with Crippen molar-refractivity contribution in [3.05, 3.63) is 76.3 Å². The van der Waals surface area contributed by atoms with Crippen LogP contribution in [-0.2, 0) is 16.1 Å². The minimum absolute atomic E-state index is 0.178. The number of benzene rings is 2. The highest BCUT2D eigenvalue weighted by molar-refractivity contribution is 6.13. The Morgan fingerprint density at radius 2 is 1.78 bits per heavy atom. The number of hydrogen-bond acceptors (Lipinski definition) is 8. The molecule has 32 heavy (non-hydrogen) atoms. The van der Waals surface area contributed by atoms with Crippen LogP contribution >= 0.6 is 0 Å². The summed E-state index contributed by atoms with van der Waals surface area (Å²) in [5.41, 5.74) is 3.17. The molecule has 4 rings (SSSR count). The molecule has 0 aliphatic carbocycles. The SMILES string of the molecule is COc1cc(C=C2N=C(c3ccccc3OC)OC2=O)ccc1OCc1c(C)noc1C.